The molecule has 1 rings (SSSR count). The van der Waals surface area contributed by atoms with Crippen molar-refractivity contribution >= 4 is 24.2 Å². The second-order valence-electron chi connectivity index (χ2n) is 4.46. The van der Waals surface area contributed by atoms with Gasteiger partial charge in [0.15, 0.2) is 0 Å². The van der Waals surface area contributed by atoms with Crippen molar-refractivity contribution in [2.75, 3.05) is 20.6 Å². The van der Waals surface area contributed by atoms with E-state index in [4.69, 9.17) is 5.73 Å². The first-order valence-corrected chi connectivity index (χ1v) is 5.19. The van der Waals surface area contributed by atoms with E-state index in [1.165, 1.54) is 4.90 Å². The van der Waals surface area contributed by atoms with Gasteiger partial charge in [-0.1, -0.05) is 0 Å². The summed E-state index contributed by atoms with van der Waals surface area (Å²) in [6.07, 6.45) is 2.94. The Hall–Kier alpha value is -0.810. The number of halogens is 1. The third-order valence-electron chi connectivity index (χ3n) is 2.80. The van der Waals surface area contributed by atoms with Gasteiger partial charge in [-0.05, 0) is 19.3 Å². The fourth-order valence-electron chi connectivity index (χ4n) is 1.44. The number of carbonyl (C=O) groups is 2. The molecule has 0 bridgehead atoms. The van der Waals surface area contributed by atoms with Crippen molar-refractivity contribution in [3.63, 3.8) is 0 Å². The van der Waals surface area contributed by atoms with Crippen LogP contribution in [0.25, 0.3) is 0 Å². The summed E-state index contributed by atoms with van der Waals surface area (Å²) in [5.41, 5.74) is 5.71. The van der Waals surface area contributed by atoms with Crippen molar-refractivity contribution < 1.29 is 9.59 Å². The smallest absolute Gasteiger partial charge is 0.231 e. The summed E-state index contributed by atoms with van der Waals surface area (Å²) in [5, 5.41) is 2.70. The minimum atomic E-state index is -0.245. The summed E-state index contributed by atoms with van der Waals surface area (Å²) in [4.78, 5) is 23.9. The van der Waals surface area contributed by atoms with Gasteiger partial charge in [0.05, 0.1) is 0 Å². The van der Waals surface area contributed by atoms with Crippen LogP contribution in [0, 0.1) is 0 Å². The zero-order valence-corrected chi connectivity index (χ0v) is 10.6. The lowest BCUT2D eigenvalue weighted by Gasteiger charge is -2.38. The monoisotopic (exact) mass is 249 g/mol. The van der Waals surface area contributed by atoms with E-state index in [1.807, 2.05) is 0 Å². The number of nitrogens with zero attached hydrogens (tertiary/aromatic N) is 1. The quantitative estimate of drug-likeness (QED) is 0.683. The van der Waals surface area contributed by atoms with Crippen LogP contribution in [0.4, 0.5) is 0 Å². The van der Waals surface area contributed by atoms with Crippen LogP contribution in [-0.2, 0) is 9.59 Å². The number of carbonyl (C=O) groups excluding carboxylic acids is 2. The Balaban J connectivity index is 0.00000225. The van der Waals surface area contributed by atoms with E-state index in [-0.39, 0.29) is 36.2 Å². The maximum absolute atomic E-state index is 11.3. The first-order valence-electron chi connectivity index (χ1n) is 5.19. The molecule has 1 saturated carbocycles. The molecular weight excluding hydrogens is 230 g/mol. The van der Waals surface area contributed by atoms with Gasteiger partial charge in [0, 0.05) is 26.2 Å². The molecule has 2 amide bonds. The highest BCUT2D eigenvalue weighted by molar-refractivity contribution is 5.96. The van der Waals surface area contributed by atoms with Gasteiger partial charge in [0.2, 0.25) is 11.8 Å². The predicted molar refractivity (Wildman–Crippen MR) is 64.3 cm³/mol. The molecule has 0 spiro atoms. The Morgan fingerprint density at radius 2 is 1.94 bits per heavy atom. The molecule has 5 nitrogen and oxygen atoms in total. The normalized spacial score (nSPS) is 16.7. The molecular formula is C10H20ClN3O2. The first-order chi connectivity index (χ1) is 6.93. The van der Waals surface area contributed by atoms with Gasteiger partial charge < -0.3 is 16.0 Å². The summed E-state index contributed by atoms with van der Waals surface area (Å²) in [6, 6.07) is 0. The molecule has 94 valence electrons. The van der Waals surface area contributed by atoms with Crippen LogP contribution < -0.4 is 11.1 Å². The molecule has 0 aliphatic heterocycles. The van der Waals surface area contributed by atoms with Gasteiger partial charge in [0.25, 0.3) is 0 Å². The maximum atomic E-state index is 11.3. The molecule has 3 N–H and O–H groups in total. The minimum Gasteiger partial charge on any atom is -0.354 e. The number of amides is 2. The largest absolute Gasteiger partial charge is 0.354 e. The lowest BCUT2D eigenvalue weighted by atomic mass is 9.78. The Morgan fingerprint density at radius 1 is 1.38 bits per heavy atom. The summed E-state index contributed by atoms with van der Waals surface area (Å²) in [7, 11) is 3.26. The van der Waals surface area contributed by atoms with Crippen molar-refractivity contribution in [1.82, 2.24) is 10.2 Å². The molecule has 1 fully saturated rings. The van der Waals surface area contributed by atoms with Crippen molar-refractivity contribution in [3.05, 3.63) is 0 Å². The van der Waals surface area contributed by atoms with Gasteiger partial charge in [-0.25, -0.2) is 0 Å². The van der Waals surface area contributed by atoms with E-state index in [0.717, 1.165) is 19.3 Å². The molecule has 0 aromatic rings. The van der Waals surface area contributed by atoms with Crippen molar-refractivity contribution in [1.29, 1.82) is 0 Å². The van der Waals surface area contributed by atoms with Gasteiger partial charge >= 0.3 is 0 Å². The summed E-state index contributed by atoms with van der Waals surface area (Å²) < 4.78 is 0. The molecule has 1 aliphatic carbocycles. The van der Waals surface area contributed by atoms with Crippen LogP contribution in [-0.4, -0.2) is 42.9 Å². The Labute approximate surface area is 102 Å². The Kier molecular flexibility index (Phi) is 5.75. The topological polar surface area (TPSA) is 75.4 Å². The highest BCUT2D eigenvalue weighted by Crippen LogP contribution is 2.27. The summed E-state index contributed by atoms with van der Waals surface area (Å²) in [6.45, 7) is 0.479. The van der Waals surface area contributed by atoms with E-state index in [2.05, 4.69) is 5.32 Å². The van der Waals surface area contributed by atoms with Crippen LogP contribution in [0.5, 0.6) is 0 Å². The van der Waals surface area contributed by atoms with Gasteiger partial charge in [0.1, 0.15) is 6.42 Å². The first kappa shape index (κ1) is 15.2. The average Bonchev–Trinajstić information content (AvgIpc) is 2.11. The molecule has 1 aliphatic rings. The lowest BCUT2D eigenvalue weighted by molar-refractivity contribution is -0.134. The summed E-state index contributed by atoms with van der Waals surface area (Å²) >= 11 is 0. The van der Waals surface area contributed by atoms with E-state index >= 15 is 0 Å². The molecule has 0 aromatic heterocycles. The standard InChI is InChI=1S/C10H19N3O2.ClH/c1-13(2)9(15)6-8(14)12-7-10(11)4-3-5-10;/h3-7,11H2,1-2H3,(H,12,14);1H. The fraction of sp³-hybridized carbons (Fsp3) is 0.800. The fourth-order valence-corrected chi connectivity index (χ4v) is 1.44. The third-order valence-corrected chi connectivity index (χ3v) is 2.80. The maximum Gasteiger partial charge on any atom is 0.231 e. The second-order valence-corrected chi connectivity index (χ2v) is 4.46. The summed E-state index contributed by atoms with van der Waals surface area (Å²) in [5.74, 6) is -0.433. The zero-order chi connectivity index (χ0) is 11.5. The van der Waals surface area contributed by atoms with Crippen LogP contribution >= 0.6 is 12.4 Å². The molecule has 16 heavy (non-hydrogen) atoms. The second kappa shape index (κ2) is 6.06. The Bertz CT molecular complexity index is 265. The SMILES string of the molecule is CN(C)C(=O)CC(=O)NCC1(N)CCC1.Cl. The van der Waals surface area contributed by atoms with Gasteiger partial charge in [-0.15, -0.1) is 12.4 Å². The number of hydrogen-bond acceptors (Lipinski definition) is 3. The predicted octanol–water partition coefficient (Wildman–Crippen LogP) is -0.116. The highest BCUT2D eigenvalue weighted by atomic mass is 35.5. The molecule has 0 saturated heterocycles. The number of hydrogen-bond donors (Lipinski definition) is 2. The van der Waals surface area contributed by atoms with Crippen LogP contribution in [0.3, 0.4) is 0 Å². The van der Waals surface area contributed by atoms with E-state index in [0.29, 0.717) is 6.54 Å². The number of nitrogens with one attached hydrogen (secondary N) is 1. The third kappa shape index (κ3) is 4.37. The van der Waals surface area contributed by atoms with E-state index in [1.54, 1.807) is 14.1 Å². The van der Waals surface area contributed by atoms with E-state index < -0.39 is 0 Å². The van der Waals surface area contributed by atoms with Gasteiger partial charge in [-0.2, -0.15) is 0 Å². The molecule has 6 heteroatoms. The van der Waals surface area contributed by atoms with Crippen molar-refractivity contribution in [3.8, 4) is 0 Å². The Morgan fingerprint density at radius 3 is 2.31 bits per heavy atom. The number of nitrogens with two attached hydrogens (primary N) is 1. The van der Waals surface area contributed by atoms with Crippen LogP contribution in [0.1, 0.15) is 25.7 Å². The zero-order valence-electron chi connectivity index (χ0n) is 9.78. The minimum absolute atomic E-state index is 0. The average molecular weight is 250 g/mol. The van der Waals surface area contributed by atoms with Crippen LogP contribution in [0.15, 0.2) is 0 Å². The molecule has 0 heterocycles. The lowest BCUT2D eigenvalue weighted by Crippen LogP contribution is -2.55. The van der Waals surface area contributed by atoms with E-state index in [9.17, 15) is 9.59 Å². The van der Waals surface area contributed by atoms with Crippen molar-refractivity contribution in [2.24, 2.45) is 5.73 Å². The van der Waals surface area contributed by atoms with Crippen molar-refractivity contribution in [2.45, 2.75) is 31.2 Å². The van der Waals surface area contributed by atoms with Gasteiger partial charge in [-0.3, -0.25) is 9.59 Å². The molecule has 0 radical (unpaired) electrons. The number of rotatable bonds is 4. The molecule has 0 aromatic carbocycles. The highest BCUT2D eigenvalue weighted by Gasteiger charge is 2.32. The molecule has 0 unspecified atom stereocenters. The molecule has 0 atom stereocenters. The van der Waals surface area contributed by atoms with Crippen LogP contribution in [0.2, 0.25) is 0 Å².